The molecule has 0 radical (unpaired) electrons. The smallest absolute Gasteiger partial charge is 0.326 e. The number of nitrogens with two attached hydrogens (primary N) is 1. The zero-order valence-electron chi connectivity index (χ0n) is 10.9. The van der Waals surface area contributed by atoms with E-state index in [-0.39, 0.29) is 13.0 Å². The second-order valence-corrected chi connectivity index (χ2v) is 5.04. The zero-order valence-corrected chi connectivity index (χ0v) is 11.7. The molecule has 0 amide bonds. The second-order valence-electron chi connectivity index (χ2n) is 4.60. The van der Waals surface area contributed by atoms with Crippen molar-refractivity contribution in [2.75, 3.05) is 7.05 Å². The predicted octanol–water partition coefficient (Wildman–Crippen LogP) is 3.44. The molecule has 0 saturated heterocycles. The largest absolute Gasteiger partial charge is 0.405 e. The van der Waals surface area contributed by atoms with Crippen molar-refractivity contribution in [2.45, 2.75) is 38.1 Å². The van der Waals surface area contributed by atoms with Crippen LogP contribution in [0.25, 0.3) is 0 Å². The fraction of sp³-hybridized carbons (Fsp3) is 0.538. The molecule has 2 N–H and O–H groups in total. The number of likely N-dealkylation sites (N-methyl/N-ethyl adjacent to an activating group) is 1. The van der Waals surface area contributed by atoms with E-state index in [1.165, 1.54) is 11.9 Å². The third-order valence-electron chi connectivity index (χ3n) is 3.03. The number of alkyl halides is 3. The van der Waals surface area contributed by atoms with E-state index in [2.05, 4.69) is 0 Å². The first-order chi connectivity index (χ1) is 8.75. The summed E-state index contributed by atoms with van der Waals surface area (Å²) in [6.07, 6.45) is -4.06. The summed E-state index contributed by atoms with van der Waals surface area (Å²) in [5.41, 5.74) is 6.37. The summed E-state index contributed by atoms with van der Waals surface area (Å²) >= 11 is 5.74. The fourth-order valence-corrected chi connectivity index (χ4v) is 2.14. The summed E-state index contributed by atoms with van der Waals surface area (Å²) in [5.74, 6) is 0. The van der Waals surface area contributed by atoms with Gasteiger partial charge in [-0.2, -0.15) is 13.2 Å². The van der Waals surface area contributed by atoms with E-state index in [4.69, 9.17) is 17.3 Å². The molecule has 1 rings (SSSR count). The van der Waals surface area contributed by atoms with Crippen molar-refractivity contribution in [1.82, 2.24) is 4.90 Å². The van der Waals surface area contributed by atoms with Crippen molar-refractivity contribution < 1.29 is 13.2 Å². The molecule has 0 aliphatic carbocycles. The Morgan fingerprint density at radius 1 is 1.26 bits per heavy atom. The summed E-state index contributed by atoms with van der Waals surface area (Å²) in [6, 6.07) is 4.17. The summed E-state index contributed by atoms with van der Waals surface area (Å²) in [4.78, 5) is 1.23. The van der Waals surface area contributed by atoms with Crippen molar-refractivity contribution >= 4 is 11.6 Å². The molecule has 0 saturated carbocycles. The molecule has 0 aliphatic rings. The van der Waals surface area contributed by atoms with E-state index >= 15 is 0 Å². The maximum atomic E-state index is 13.0. The van der Waals surface area contributed by atoms with Gasteiger partial charge in [0.05, 0.1) is 0 Å². The maximum Gasteiger partial charge on any atom is 0.405 e. The van der Waals surface area contributed by atoms with Gasteiger partial charge >= 0.3 is 6.18 Å². The van der Waals surface area contributed by atoms with Crippen LogP contribution in [0, 0.1) is 0 Å². The summed E-state index contributed by atoms with van der Waals surface area (Å²) < 4.78 is 39.1. The molecule has 1 aromatic carbocycles. The van der Waals surface area contributed by atoms with Gasteiger partial charge in [0.15, 0.2) is 0 Å². The average molecular weight is 295 g/mol. The van der Waals surface area contributed by atoms with Crippen LogP contribution in [0.15, 0.2) is 24.3 Å². The molecule has 0 bridgehead atoms. The molecule has 2 atom stereocenters. The third kappa shape index (κ3) is 4.67. The lowest BCUT2D eigenvalue weighted by molar-refractivity contribution is -0.187. The predicted molar refractivity (Wildman–Crippen MR) is 71.0 cm³/mol. The normalized spacial score (nSPS) is 15.6. The van der Waals surface area contributed by atoms with Gasteiger partial charge in [-0.05, 0) is 31.2 Å². The van der Waals surface area contributed by atoms with Crippen LogP contribution in [0.1, 0.15) is 18.9 Å². The Bertz CT molecular complexity index is 392. The third-order valence-corrected chi connectivity index (χ3v) is 3.28. The first-order valence-corrected chi connectivity index (χ1v) is 6.40. The van der Waals surface area contributed by atoms with Gasteiger partial charge in [0, 0.05) is 17.6 Å². The highest BCUT2D eigenvalue weighted by Crippen LogP contribution is 2.28. The molecule has 19 heavy (non-hydrogen) atoms. The van der Waals surface area contributed by atoms with Crippen molar-refractivity contribution in [2.24, 2.45) is 5.73 Å². The lowest BCUT2D eigenvalue weighted by atomic mass is 10.0. The minimum atomic E-state index is -4.34. The van der Waals surface area contributed by atoms with Crippen molar-refractivity contribution in [1.29, 1.82) is 0 Å². The first-order valence-electron chi connectivity index (χ1n) is 6.02. The Hall–Kier alpha value is -0.780. The van der Waals surface area contributed by atoms with Gasteiger partial charge in [0.25, 0.3) is 0 Å². The van der Waals surface area contributed by atoms with E-state index < -0.39 is 18.3 Å². The van der Waals surface area contributed by atoms with Crippen LogP contribution in [-0.4, -0.2) is 30.2 Å². The van der Waals surface area contributed by atoms with E-state index in [1.807, 2.05) is 0 Å². The molecule has 0 heterocycles. The summed E-state index contributed by atoms with van der Waals surface area (Å²) in [6.45, 7) is 1.83. The van der Waals surface area contributed by atoms with Crippen LogP contribution in [0.2, 0.25) is 5.02 Å². The zero-order chi connectivity index (χ0) is 14.6. The topological polar surface area (TPSA) is 29.3 Å². The van der Waals surface area contributed by atoms with Gasteiger partial charge in [0.1, 0.15) is 6.04 Å². The van der Waals surface area contributed by atoms with Crippen LogP contribution < -0.4 is 5.73 Å². The molecular formula is C13H18ClF3N2. The number of nitrogens with zero attached hydrogens (tertiary/aromatic N) is 1. The van der Waals surface area contributed by atoms with Crippen LogP contribution >= 0.6 is 11.6 Å². The van der Waals surface area contributed by atoms with E-state index in [1.54, 1.807) is 31.2 Å². The average Bonchev–Trinajstić information content (AvgIpc) is 2.30. The molecule has 2 unspecified atom stereocenters. The Labute approximate surface area is 116 Å². The van der Waals surface area contributed by atoms with Crippen LogP contribution in [-0.2, 0) is 6.54 Å². The SMILES string of the molecule is CCC(N)C(N(C)Cc1ccc(Cl)cc1)C(F)(F)F. The summed E-state index contributed by atoms with van der Waals surface area (Å²) in [7, 11) is 1.43. The first kappa shape index (κ1) is 16.3. The minimum Gasteiger partial charge on any atom is -0.326 e. The fourth-order valence-electron chi connectivity index (χ4n) is 2.02. The highest BCUT2D eigenvalue weighted by molar-refractivity contribution is 6.30. The molecule has 0 aliphatic heterocycles. The Balaban J connectivity index is 2.82. The number of hydrogen-bond donors (Lipinski definition) is 1. The standard InChI is InChI=1S/C13H18ClF3N2/c1-3-11(18)12(13(15,16)17)19(2)8-9-4-6-10(14)7-5-9/h4-7,11-12H,3,8,18H2,1-2H3. The highest BCUT2D eigenvalue weighted by Gasteiger charge is 2.45. The second kappa shape index (κ2) is 6.59. The van der Waals surface area contributed by atoms with Crippen LogP contribution in [0.5, 0.6) is 0 Å². The molecule has 2 nitrogen and oxygen atoms in total. The van der Waals surface area contributed by atoms with E-state index in [0.717, 1.165) is 5.56 Å². The van der Waals surface area contributed by atoms with Crippen molar-refractivity contribution in [3.05, 3.63) is 34.9 Å². The maximum absolute atomic E-state index is 13.0. The van der Waals surface area contributed by atoms with Gasteiger partial charge in [-0.1, -0.05) is 30.7 Å². The molecule has 1 aromatic rings. The lowest BCUT2D eigenvalue weighted by Crippen LogP contribution is -2.54. The monoisotopic (exact) mass is 294 g/mol. The highest BCUT2D eigenvalue weighted by atomic mass is 35.5. The molecule has 6 heteroatoms. The van der Waals surface area contributed by atoms with E-state index in [0.29, 0.717) is 5.02 Å². The molecule has 0 spiro atoms. The molecule has 0 aromatic heterocycles. The van der Waals surface area contributed by atoms with Crippen LogP contribution in [0.4, 0.5) is 13.2 Å². The molecule has 0 fully saturated rings. The van der Waals surface area contributed by atoms with Gasteiger partial charge < -0.3 is 5.73 Å². The number of rotatable bonds is 5. The van der Waals surface area contributed by atoms with Gasteiger partial charge in [-0.3, -0.25) is 4.90 Å². The molecule has 108 valence electrons. The quantitative estimate of drug-likeness (QED) is 0.901. The van der Waals surface area contributed by atoms with Crippen molar-refractivity contribution in [3.8, 4) is 0 Å². The lowest BCUT2D eigenvalue weighted by Gasteiger charge is -2.33. The van der Waals surface area contributed by atoms with Crippen LogP contribution in [0.3, 0.4) is 0 Å². The molecular weight excluding hydrogens is 277 g/mol. The minimum absolute atomic E-state index is 0.176. The number of benzene rings is 1. The Morgan fingerprint density at radius 2 is 1.79 bits per heavy atom. The van der Waals surface area contributed by atoms with Gasteiger partial charge in [-0.25, -0.2) is 0 Å². The van der Waals surface area contributed by atoms with E-state index in [9.17, 15) is 13.2 Å². The Kier molecular flexibility index (Phi) is 5.64. The van der Waals surface area contributed by atoms with Gasteiger partial charge in [-0.15, -0.1) is 0 Å². The van der Waals surface area contributed by atoms with Crippen molar-refractivity contribution in [3.63, 3.8) is 0 Å². The van der Waals surface area contributed by atoms with Gasteiger partial charge in [0.2, 0.25) is 0 Å². The number of halogens is 4. The Morgan fingerprint density at radius 3 is 2.21 bits per heavy atom. The number of hydrogen-bond acceptors (Lipinski definition) is 2. The summed E-state index contributed by atoms with van der Waals surface area (Å²) in [5, 5.41) is 0.559.